The number of nitrogens with zero attached hydrogens (tertiary/aromatic N) is 1. The van der Waals surface area contributed by atoms with Crippen molar-refractivity contribution in [1.82, 2.24) is 4.90 Å². The Hall–Kier alpha value is -0.530. The van der Waals surface area contributed by atoms with E-state index < -0.39 is 0 Å². The summed E-state index contributed by atoms with van der Waals surface area (Å²) in [6.45, 7) is 7.12. The minimum atomic E-state index is -0.207. The van der Waals surface area contributed by atoms with Crippen LogP contribution in [0.15, 0.2) is 0 Å². The van der Waals surface area contributed by atoms with Crippen molar-refractivity contribution in [3.05, 3.63) is 0 Å². The maximum absolute atomic E-state index is 12.4. The second-order valence-electron chi connectivity index (χ2n) is 6.50. The maximum Gasteiger partial charge on any atom is 0.228 e. The predicted octanol–water partition coefficient (Wildman–Crippen LogP) is 3.21. The molecule has 2 aliphatic rings. The van der Waals surface area contributed by atoms with Crippen LogP contribution in [0.25, 0.3) is 0 Å². The molecule has 0 aromatic carbocycles. The molecule has 2 nitrogen and oxygen atoms in total. The molecule has 1 saturated heterocycles. The van der Waals surface area contributed by atoms with Gasteiger partial charge in [0, 0.05) is 18.0 Å². The summed E-state index contributed by atoms with van der Waals surface area (Å²) in [5.74, 6) is 1.16. The summed E-state index contributed by atoms with van der Waals surface area (Å²) >= 11 is 0. The maximum atomic E-state index is 12.4. The molecule has 1 saturated carbocycles. The van der Waals surface area contributed by atoms with Gasteiger partial charge in [-0.15, -0.1) is 0 Å². The number of amides is 1. The second kappa shape index (κ2) is 4.38. The lowest BCUT2D eigenvalue weighted by Crippen LogP contribution is -2.44. The lowest BCUT2D eigenvalue weighted by atomic mass is 9.91. The number of rotatable bonds is 1. The smallest absolute Gasteiger partial charge is 0.228 e. The van der Waals surface area contributed by atoms with Crippen molar-refractivity contribution >= 4 is 5.91 Å². The number of hydrogen-bond donors (Lipinski definition) is 0. The van der Waals surface area contributed by atoms with Crippen LogP contribution in [0.5, 0.6) is 0 Å². The molecule has 0 radical (unpaired) electrons. The molecule has 0 N–H and O–H groups in total. The van der Waals surface area contributed by atoms with Crippen LogP contribution in [-0.4, -0.2) is 23.4 Å². The second-order valence-corrected chi connectivity index (χ2v) is 6.50. The minimum Gasteiger partial charge on any atom is -0.339 e. The Morgan fingerprint density at radius 1 is 1.06 bits per heavy atom. The van der Waals surface area contributed by atoms with Crippen LogP contribution in [0, 0.1) is 11.3 Å². The average Bonchev–Trinajstić information content (AvgIpc) is 2.85. The first-order valence-corrected chi connectivity index (χ1v) is 6.81. The van der Waals surface area contributed by atoms with E-state index in [4.69, 9.17) is 0 Å². The van der Waals surface area contributed by atoms with Crippen molar-refractivity contribution in [3.8, 4) is 0 Å². The van der Waals surface area contributed by atoms with Crippen LogP contribution in [-0.2, 0) is 4.79 Å². The standard InChI is InChI=1S/C14H25NO/c1-14(2,3)13(16)15-10-6-9-12(15)11-7-4-5-8-11/h11-12H,4-10H2,1-3H3. The molecule has 1 unspecified atom stereocenters. The first-order chi connectivity index (χ1) is 7.50. The molecular weight excluding hydrogens is 198 g/mol. The Kier molecular flexibility index (Phi) is 3.27. The van der Waals surface area contributed by atoms with Gasteiger partial charge >= 0.3 is 0 Å². The molecule has 0 spiro atoms. The molecule has 1 aliphatic heterocycles. The van der Waals surface area contributed by atoms with Gasteiger partial charge in [0.05, 0.1) is 0 Å². The lowest BCUT2D eigenvalue weighted by Gasteiger charge is -2.34. The molecule has 1 heterocycles. The van der Waals surface area contributed by atoms with Gasteiger partial charge in [0.15, 0.2) is 0 Å². The third-order valence-electron chi connectivity index (χ3n) is 4.15. The Morgan fingerprint density at radius 3 is 2.25 bits per heavy atom. The molecule has 2 heteroatoms. The van der Waals surface area contributed by atoms with E-state index in [0.29, 0.717) is 11.9 Å². The highest BCUT2D eigenvalue weighted by Crippen LogP contribution is 2.37. The summed E-state index contributed by atoms with van der Waals surface area (Å²) in [5.41, 5.74) is -0.207. The first-order valence-electron chi connectivity index (χ1n) is 6.81. The van der Waals surface area contributed by atoms with E-state index in [2.05, 4.69) is 4.90 Å². The van der Waals surface area contributed by atoms with Crippen molar-refractivity contribution in [2.24, 2.45) is 11.3 Å². The minimum absolute atomic E-state index is 0.207. The number of hydrogen-bond acceptors (Lipinski definition) is 1. The number of likely N-dealkylation sites (tertiary alicyclic amines) is 1. The average molecular weight is 223 g/mol. The van der Waals surface area contributed by atoms with Gasteiger partial charge in [0.25, 0.3) is 0 Å². The van der Waals surface area contributed by atoms with Gasteiger partial charge in [-0.2, -0.15) is 0 Å². The van der Waals surface area contributed by atoms with E-state index in [-0.39, 0.29) is 5.41 Å². The van der Waals surface area contributed by atoms with Crippen LogP contribution < -0.4 is 0 Å². The van der Waals surface area contributed by atoms with Gasteiger partial charge in [-0.05, 0) is 31.6 Å². The largest absolute Gasteiger partial charge is 0.339 e. The highest BCUT2D eigenvalue weighted by molar-refractivity contribution is 5.82. The van der Waals surface area contributed by atoms with Crippen molar-refractivity contribution in [2.75, 3.05) is 6.54 Å². The van der Waals surface area contributed by atoms with E-state index in [0.717, 1.165) is 12.5 Å². The summed E-state index contributed by atoms with van der Waals surface area (Å²) < 4.78 is 0. The van der Waals surface area contributed by atoms with Gasteiger partial charge in [-0.1, -0.05) is 33.6 Å². The Labute approximate surface area is 99.4 Å². The molecule has 2 fully saturated rings. The zero-order valence-corrected chi connectivity index (χ0v) is 11.0. The van der Waals surface area contributed by atoms with Crippen LogP contribution in [0.3, 0.4) is 0 Å². The van der Waals surface area contributed by atoms with Crippen LogP contribution >= 0.6 is 0 Å². The molecule has 0 aromatic heterocycles. The summed E-state index contributed by atoms with van der Waals surface area (Å²) in [7, 11) is 0. The molecule has 0 bridgehead atoms. The molecule has 1 aliphatic carbocycles. The van der Waals surface area contributed by atoms with Gasteiger partial charge in [-0.25, -0.2) is 0 Å². The van der Waals surface area contributed by atoms with Gasteiger partial charge in [0.1, 0.15) is 0 Å². The third-order valence-corrected chi connectivity index (χ3v) is 4.15. The predicted molar refractivity (Wildman–Crippen MR) is 66.1 cm³/mol. The molecule has 2 rings (SSSR count). The van der Waals surface area contributed by atoms with E-state index in [1.54, 1.807) is 0 Å². The number of carbonyl (C=O) groups is 1. The molecule has 16 heavy (non-hydrogen) atoms. The normalized spacial score (nSPS) is 27.7. The summed E-state index contributed by atoms with van der Waals surface area (Å²) in [6.07, 6.45) is 7.89. The zero-order valence-electron chi connectivity index (χ0n) is 11.0. The third kappa shape index (κ3) is 2.26. The first kappa shape index (κ1) is 11.9. The molecule has 92 valence electrons. The number of carbonyl (C=O) groups excluding carboxylic acids is 1. The van der Waals surface area contributed by atoms with Crippen molar-refractivity contribution in [1.29, 1.82) is 0 Å². The van der Waals surface area contributed by atoms with Gasteiger partial charge < -0.3 is 4.90 Å². The fourth-order valence-corrected chi connectivity index (χ4v) is 3.31. The Morgan fingerprint density at radius 2 is 1.69 bits per heavy atom. The van der Waals surface area contributed by atoms with E-state index >= 15 is 0 Å². The lowest BCUT2D eigenvalue weighted by molar-refractivity contribution is -0.141. The van der Waals surface area contributed by atoms with E-state index in [9.17, 15) is 4.79 Å². The monoisotopic (exact) mass is 223 g/mol. The van der Waals surface area contributed by atoms with Crippen molar-refractivity contribution in [2.45, 2.75) is 65.3 Å². The van der Waals surface area contributed by atoms with E-state index in [1.165, 1.54) is 38.5 Å². The zero-order chi connectivity index (χ0) is 11.8. The molecule has 1 amide bonds. The summed E-state index contributed by atoms with van der Waals surface area (Å²) in [4.78, 5) is 14.6. The van der Waals surface area contributed by atoms with E-state index in [1.807, 2.05) is 20.8 Å². The van der Waals surface area contributed by atoms with Gasteiger partial charge in [0.2, 0.25) is 5.91 Å². The summed E-state index contributed by atoms with van der Waals surface area (Å²) in [5, 5.41) is 0. The molecule has 0 aromatic rings. The topological polar surface area (TPSA) is 20.3 Å². The van der Waals surface area contributed by atoms with Crippen molar-refractivity contribution < 1.29 is 4.79 Å². The van der Waals surface area contributed by atoms with Crippen LogP contribution in [0.1, 0.15) is 59.3 Å². The highest BCUT2D eigenvalue weighted by atomic mass is 16.2. The highest BCUT2D eigenvalue weighted by Gasteiger charge is 2.39. The van der Waals surface area contributed by atoms with Crippen molar-refractivity contribution in [3.63, 3.8) is 0 Å². The Balaban J connectivity index is 2.05. The van der Waals surface area contributed by atoms with Crippen LogP contribution in [0.2, 0.25) is 0 Å². The van der Waals surface area contributed by atoms with Crippen LogP contribution in [0.4, 0.5) is 0 Å². The molecule has 1 atom stereocenters. The Bertz CT molecular complexity index is 260. The fourth-order valence-electron chi connectivity index (χ4n) is 3.31. The van der Waals surface area contributed by atoms with Gasteiger partial charge in [-0.3, -0.25) is 4.79 Å². The molecular formula is C14H25NO. The fraction of sp³-hybridized carbons (Fsp3) is 0.929. The summed E-state index contributed by atoms with van der Waals surface area (Å²) in [6, 6.07) is 0.564. The SMILES string of the molecule is CC(C)(C)C(=O)N1CCCC1C1CCCC1. The quantitative estimate of drug-likeness (QED) is 0.668.